The van der Waals surface area contributed by atoms with Crippen LogP contribution in [0.5, 0.6) is 0 Å². The van der Waals surface area contributed by atoms with Gasteiger partial charge in [0.05, 0.1) is 25.4 Å². The van der Waals surface area contributed by atoms with Gasteiger partial charge in [-0.3, -0.25) is 9.59 Å². The number of nitrogens with one attached hydrogen (secondary N) is 1. The number of hydrogen-bond donors (Lipinski definition) is 3. The van der Waals surface area contributed by atoms with Crippen LogP contribution in [0.15, 0.2) is 36.5 Å². The van der Waals surface area contributed by atoms with Crippen molar-refractivity contribution in [2.24, 2.45) is 0 Å². The van der Waals surface area contributed by atoms with Crippen LogP contribution in [0.3, 0.4) is 0 Å². The molecule has 400 valence electrons. The van der Waals surface area contributed by atoms with E-state index in [1.165, 1.54) is 238 Å². The van der Waals surface area contributed by atoms with Crippen LogP contribution in [0.1, 0.15) is 322 Å². The second-order valence-electron chi connectivity index (χ2n) is 20.7. The van der Waals surface area contributed by atoms with Gasteiger partial charge < -0.3 is 20.3 Å². The molecule has 0 saturated heterocycles. The molecule has 0 aliphatic heterocycles. The highest BCUT2D eigenvalue weighted by Gasteiger charge is 2.20. The van der Waals surface area contributed by atoms with Crippen LogP contribution in [-0.4, -0.2) is 47.4 Å². The number of aliphatic hydroxyl groups is 2. The van der Waals surface area contributed by atoms with Crippen molar-refractivity contribution in [3.63, 3.8) is 0 Å². The van der Waals surface area contributed by atoms with Crippen molar-refractivity contribution in [2.75, 3.05) is 13.2 Å². The van der Waals surface area contributed by atoms with Gasteiger partial charge in [-0.15, -0.1) is 0 Å². The van der Waals surface area contributed by atoms with E-state index in [-0.39, 0.29) is 18.5 Å². The second kappa shape index (κ2) is 57.7. The molecule has 0 aromatic rings. The molecule has 0 rings (SSSR count). The minimum Gasteiger partial charge on any atom is -0.466 e. The number of amides is 1. The van der Waals surface area contributed by atoms with Gasteiger partial charge in [-0.2, -0.15) is 0 Å². The Bertz CT molecular complexity index is 1100. The SMILES string of the molecule is CCCCC/C=C\C/C=C\CCCCCCCCCC(=O)OCCCCCCCCCCCCCC/C=C\CCCCCCCCCCC(=O)NC(CO)C(O)CCCCCCCCCCCC. The Balaban J connectivity index is 3.38. The van der Waals surface area contributed by atoms with Crippen molar-refractivity contribution in [3.05, 3.63) is 36.5 Å². The van der Waals surface area contributed by atoms with Crippen LogP contribution in [0.4, 0.5) is 0 Å². The molecule has 6 nitrogen and oxygen atoms in total. The molecule has 2 unspecified atom stereocenters. The summed E-state index contributed by atoms with van der Waals surface area (Å²) in [6.45, 7) is 4.91. The highest BCUT2D eigenvalue weighted by molar-refractivity contribution is 5.76. The quantitative estimate of drug-likeness (QED) is 0.0321. The summed E-state index contributed by atoms with van der Waals surface area (Å²) >= 11 is 0. The van der Waals surface area contributed by atoms with Gasteiger partial charge in [-0.1, -0.05) is 262 Å². The molecule has 68 heavy (non-hydrogen) atoms. The van der Waals surface area contributed by atoms with Gasteiger partial charge in [0.15, 0.2) is 0 Å². The van der Waals surface area contributed by atoms with E-state index in [2.05, 4.69) is 55.6 Å². The summed E-state index contributed by atoms with van der Waals surface area (Å²) in [5, 5.41) is 23.1. The maximum atomic E-state index is 12.4. The van der Waals surface area contributed by atoms with Crippen LogP contribution in [0.2, 0.25) is 0 Å². The molecule has 6 heteroatoms. The lowest BCUT2D eigenvalue weighted by molar-refractivity contribution is -0.143. The van der Waals surface area contributed by atoms with Crippen LogP contribution in [-0.2, 0) is 14.3 Å². The number of unbranched alkanes of at least 4 members (excludes halogenated alkanes) is 39. The Hall–Kier alpha value is -1.92. The van der Waals surface area contributed by atoms with E-state index in [9.17, 15) is 19.8 Å². The summed E-state index contributed by atoms with van der Waals surface area (Å²) in [5.74, 6) is -0.0364. The van der Waals surface area contributed by atoms with Crippen molar-refractivity contribution in [1.29, 1.82) is 0 Å². The highest BCUT2D eigenvalue weighted by Crippen LogP contribution is 2.17. The summed E-state index contributed by atoms with van der Waals surface area (Å²) < 4.78 is 5.49. The topological polar surface area (TPSA) is 95.9 Å². The summed E-state index contributed by atoms with van der Waals surface area (Å²) in [5.41, 5.74) is 0. The average molecular weight is 957 g/mol. The normalized spacial score (nSPS) is 12.8. The minimum atomic E-state index is -0.665. The molecule has 0 aromatic carbocycles. The predicted molar refractivity (Wildman–Crippen MR) is 296 cm³/mol. The van der Waals surface area contributed by atoms with Crippen LogP contribution < -0.4 is 5.32 Å². The maximum Gasteiger partial charge on any atom is 0.305 e. The van der Waals surface area contributed by atoms with Gasteiger partial charge in [0.25, 0.3) is 0 Å². The minimum absolute atomic E-state index is 0.00458. The smallest absolute Gasteiger partial charge is 0.305 e. The average Bonchev–Trinajstić information content (AvgIpc) is 3.34. The fourth-order valence-corrected chi connectivity index (χ4v) is 9.25. The van der Waals surface area contributed by atoms with Gasteiger partial charge in [0.2, 0.25) is 5.91 Å². The third-order valence-corrected chi connectivity index (χ3v) is 13.9. The zero-order valence-corrected chi connectivity index (χ0v) is 45.6. The molecular weight excluding hydrogens is 839 g/mol. The lowest BCUT2D eigenvalue weighted by atomic mass is 10.0. The molecule has 0 radical (unpaired) electrons. The van der Waals surface area contributed by atoms with Crippen LogP contribution in [0.25, 0.3) is 0 Å². The number of carbonyl (C=O) groups is 2. The monoisotopic (exact) mass is 956 g/mol. The molecule has 0 aliphatic carbocycles. The third-order valence-electron chi connectivity index (χ3n) is 13.9. The zero-order valence-electron chi connectivity index (χ0n) is 45.6. The molecule has 0 aromatic heterocycles. The summed E-state index contributed by atoms with van der Waals surface area (Å²) in [6, 6.07) is -0.543. The number of aliphatic hydroxyl groups excluding tert-OH is 2. The van der Waals surface area contributed by atoms with E-state index in [0.29, 0.717) is 25.9 Å². The number of hydrogen-bond acceptors (Lipinski definition) is 5. The fraction of sp³-hybridized carbons (Fsp3) is 0.871. The molecule has 0 fully saturated rings. The third kappa shape index (κ3) is 53.4. The van der Waals surface area contributed by atoms with E-state index in [4.69, 9.17) is 4.74 Å². The summed E-state index contributed by atoms with van der Waals surface area (Å²) in [7, 11) is 0. The molecule has 3 N–H and O–H groups in total. The number of rotatable bonds is 56. The molecule has 0 bridgehead atoms. The number of ether oxygens (including phenoxy) is 1. The van der Waals surface area contributed by atoms with E-state index in [1.807, 2.05) is 0 Å². The van der Waals surface area contributed by atoms with Gasteiger partial charge >= 0.3 is 5.97 Å². The first-order valence-corrected chi connectivity index (χ1v) is 30.2. The number of carbonyl (C=O) groups excluding carboxylic acids is 2. The summed E-state index contributed by atoms with van der Waals surface area (Å²) in [6.07, 6.45) is 71.5. The maximum absolute atomic E-state index is 12.4. The molecule has 2 atom stereocenters. The summed E-state index contributed by atoms with van der Waals surface area (Å²) in [4.78, 5) is 24.5. The van der Waals surface area contributed by atoms with E-state index < -0.39 is 12.1 Å². The first-order chi connectivity index (χ1) is 33.5. The standard InChI is InChI=1S/C62H117NO5/c1-3-5-7-9-11-13-15-16-17-26-30-33-36-40-44-48-52-56-62(67)68-57-53-49-45-41-37-34-31-28-25-23-21-19-18-20-22-24-27-29-32-35-39-43-47-51-55-61(66)63-59(58-64)60(65)54-50-46-42-38-14-12-10-8-6-4-2/h11,13,16-17,20,22,59-60,64-65H,3-10,12,14-15,18-19,21,23-58H2,1-2H3,(H,63,66)/b13-11-,17-16-,22-20-. The Morgan fingerprint density at radius 1 is 0.412 bits per heavy atom. The second-order valence-corrected chi connectivity index (χ2v) is 20.7. The molecule has 0 spiro atoms. The van der Waals surface area contributed by atoms with E-state index in [0.717, 1.165) is 51.4 Å². The van der Waals surface area contributed by atoms with E-state index >= 15 is 0 Å². The first kappa shape index (κ1) is 66.1. The van der Waals surface area contributed by atoms with Crippen molar-refractivity contribution in [3.8, 4) is 0 Å². The molecular formula is C62H117NO5. The van der Waals surface area contributed by atoms with Gasteiger partial charge in [0.1, 0.15) is 0 Å². The van der Waals surface area contributed by atoms with Gasteiger partial charge in [-0.05, 0) is 83.5 Å². The Kier molecular flexibility index (Phi) is 56.0. The lowest BCUT2D eigenvalue weighted by Gasteiger charge is -2.22. The van der Waals surface area contributed by atoms with Crippen LogP contribution >= 0.6 is 0 Å². The van der Waals surface area contributed by atoms with Gasteiger partial charge in [0, 0.05) is 12.8 Å². The Morgan fingerprint density at radius 3 is 1.16 bits per heavy atom. The zero-order chi connectivity index (χ0) is 49.3. The molecule has 0 aliphatic rings. The predicted octanol–water partition coefficient (Wildman–Crippen LogP) is 18.8. The molecule has 1 amide bonds. The number of esters is 1. The van der Waals surface area contributed by atoms with Crippen molar-refractivity contribution in [1.82, 2.24) is 5.32 Å². The van der Waals surface area contributed by atoms with Crippen molar-refractivity contribution < 1.29 is 24.5 Å². The molecule has 0 heterocycles. The first-order valence-electron chi connectivity index (χ1n) is 30.2. The van der Waals surface area contributed by atoms with Crippen molar-refractivity contribution >= 4 is 11.9 Å². The van der Waals surface area contributed by atoms with Gasteiger partial charge in [-0.25, -0.2) is 0 Å². The Morgan fingerprint density at radius 2 is 0.735 bits per heavy atom. The van der Waals surface area contributed by atoms with Crippen LogP contribution in [0, 0.1) is 0 Å². The van der Waals surface area contributed by atoms with Crippen molar-refractivity contribution in [2.45, 2.75) is 334 Å². The van der Waals surface area contributed by atoms with E-state index in [1.54, 1.807) is 0 Å². The molecule has 0 saturated carbocycles. The highest BCUT2D eigenvalue weighted by atomic mass is 16.5. The largest absolute Gasteiger partial charge is 0.466 e. The lowest BCUT2D eigenvalue weighted by Crippen LogP contribution is -2.45. The number of allylic oxidation sites excluding steroid dienone is 6. The Labute approximate surface area is 424 Å². The fourth-order valence-electron chi connectivity index (χ4n) is 9.25.